The van der Waals surface area contributed by atoms with E-state index in [-0.39, 0.29) is 0 Å². The molecule has 2 aliphatic rings. The van der Waals surface area contributed by atoms with E-state index in [1.165, 1.54) is 64.2 Å². The van der Waals surface area contributed by atoms with Gasteiger partial charge in [-0.25, -0.2) is 0 Å². The number of nitrogens with one attached hydrogen (secondary N) is 1. The van der Waals surface area contributed by atoms with Crippen LogP contribution in [0.4, 0.5) is 0 Å². The van der Waals surface area contributed by atoms with E-state index in [0.717, 1.165) is 23.8 Å². The third kappa shape index (κ3) is 3.47. The molecule has 1 nitrogen and oxygen atoms in total. The van der Waals surface area contributed by atoms with Crippen molar-refractivity contribution < 1.29 is 0 Å². The van der Waals surface area contributed by atoms with Crippen LogP contribution in [0.3, 0.4) is 0 Å². The molecule has 2 fully saturated rings. The summed E-state index contributed by atoms with van der Waals surface area (Å²) in [5.74, 6) is 3.01. The van der Waals surface area contributed by atoms with Crippen LogP contribution in [0.1, 0.15) is 71.1 Å². The van der Waals surface area contributed by atoms with Crippen LogP contribution >= 0.6 is 0 Å². The molecule has 2 rings (SSSR count). The Labute approximate surface area is 108 Å². The first-order chi connectivity index (χ1) is 8.35. The van der Waals surface area contributed by atoms with Crippen LogP contribution < -0.4 is 5.32 Å². The molecule has 100 valence electrons. The summed E-state index contributed by atoms with van der Waals surface area (Å²) in [4.78, 5) is 0. The predicted molar refractivity (Wildman–Crippen MR) is 75.2 cm³/mol. The van der Waals surface area contributed by atoms with Crippen molar-refractivity contribution in [1.82, 2.24) is 5.32 Å². The molecule has 0 amide bonds. The molecular weight excluding hydrogens is 206 g/mol. The summed E-state index contributed by atoms with van der Waals surface area (Å²) in [5, 5.41) is 3.66. The second kappa shape index (κ2) is 6.78. The van der Waals surface area contributed by atoms with E-state index in [1.807, 2.05) is 0 Å². The van der Waals surface area contributed by atoms with Crippen LogP contribution in [0, 0.1) is 17.8 Å². The average molecular weight is 237 g/mol. The van der Waals surface area contributed by atoms with E-state index in [0.29, 0.717) is 0 Å². The average Bonchev–Trinajstić information content (AvgIpc) is 2.89. The van der Waals surface area contributed by atoms with Crippen LogP contribution in [-0.2, 0) is 0 Å². The molecular formula is C16H31N. The van der Waals surface area contributed by atoms with Crippen LogP contribution in [0.25, 0.3) is 0 Å². The number of rotatable bonds is 5. The van der Waals surface area contributed by atoms with Gasteiger partial charge in [0.1, 0.15) is 0 Å². The third-order valence-electron chi connectivity index (χ3n) is 5.44. The Hall–Kier alpha value is -0.0400. The van der Waals surface area contributed by atoms with Crippen LogP contribution in [-0.4, -0.2) is 13.1 Å². The summed E-state index contributed by atoms with van der Waals surface area (Å²) >= 11 is 0. The molecule has 2 saturated carbocycles. The zero-order chi connectivity index (χ0) is 12.1. The van der Waals surface area contributed by atoms with E-state index >= 15 is 0 Å². The molecule has 1 heteroatoms. The van der Waals surface area contributed by atoms with E-state index in [2.05, 4.69) is 19.3 Å². The Kier molecular flexibility index (Phi) is 5.34. The van der Waals surface area contributed by atoms with Gasteiger partial charge in [-0.05, 0) is 37.6 Å². The second-order valence-corrected chi connectivity index (χ2v) is 6.40. The van der Waals surface area contributed by atoms with Crippen molar-refractivity contribution in [2.75, 3.05) is 7.05 Å². The molecule has 0 bridgehead atoms. The summed E-state index contributed by atoms with van der Waals surface area (Å²) < 4.78 is 0. The van der Waals surface area contributed by atoms with Gasteiger partial charge in [-0.2, -0.15) is 0 Å². The highest BCUT2D eigenvalue weighted by Gasteiger charge is 2.31. The Balaban J connectivity index is 1.90. The van der Waals surface area contributed by atoms with Gasteiger partial charge in [0.15, 0.2) is 0 Å². The summed E-state index contributed by atoms with van der Waals surface area (Å²) in [7, 11) is 2.20. The maximum Gasteiger partial charge on any atom is 0.00976 e. The Morgan fingerprint density at radius 2 is 1.65 bits per heavy atom. The zero-order valence-corrected chi connectivity index (χ0v) is 11.9. The molecule has 0 aromatic rings. The van der Waals surface area contributed by atoms with Crippen molar-refractivity contribution in [2.45, 2.75) is 77.2 Å². The molecule has 0 aromatic carbocycles. The Bertz CT molecular complexity index is 208. The summed E-state index contributed by atoms with van der Waals surface area (Å²) in [6.07, 6.45) is 14.8. The fourth-order valence-electron chi connectivity index (χ4n) is 4.38. The van der Waals surface area contributed by atoms with Gasteiger partial charge in [-0.1, -0.05) is 58.3 Å². The second-order valence-electron chi connectivity index (χ2n) is 6.40. The molecule has 17 heavy (non-hydrogen) atoms. The molecule has 3 atom stereocenters. The van der Waals surface area contributed by atoms with Gasteiger partial charge in [0.25, 0.3) is 0 Å². The van der Waals surface area contributed by atoms with Crippen molar-refractivity contribution in [3.05, 3.63) is 0 Å². The van der Waals surface area contributed by atoms with Gasteiger partial charge < -0.3 is 5.32 Å². The highest BCUT2D eigenvalue weighted by molar-refractivity contribution is 4.86. The first kappa shape index (κ1) is 13.4. The molecule has 0 saturated heterocycles. The summed E-state index contributed by atoms with van der Waals surface area (Å²) in [5.41, 5.74) is 0. The fourth-order valence-corrected chi connectivity index (χ4v) is 4.38. The summed E-state index contributed by atoms with van der Waals surface area (Å²) in [6.45, 7) is 2.39. The van der Waals surface area contributed by atoms with Gasteiger partial charge in [0.2, 0.25) is 0 Å². The van der Waals surface area contributed by atoms with Crippen LogP contribution in [0.2, 0.25) is 0 Å². The van der Waals surface area contributed by atoms with Crippen LogP contribution in [0.15, 0.2) is 0 Å². The Morgan fingerprint density at radius 3 is 2.29 bits per heavy atom. The van der Waals surface area contributed by atoms with Gasteiger partial charge in [-0.3, -0.25) is 0 Å². The molecule has 0 aliphatic heterocycles. The quantitative estimate of drug-likeness (QED) is 0.748. The lowest BCUT2D eigenvalue weighted by atomic mass is 9.72. The Morgan fingerprint density at radius 1 is 1.00 bits per heavy atom. The van der Waals surface area contributed by atoms with Gasteiger partial charge in [0, 0.05) is 6.04 Å². The molecule has 0 spiro atoms. The predicted octanol–water partition coefficient (Wildman–Crippen LogP) is 4.37. The monoisotopic (exact) mass is 237 g/mol. The van der Waals surface area contributed by atoms with E-state index in [4.69, 9.17) is 0 Å². The van der Waals surface area contributed by atoms with Crippen molar-refractivity contribution in [3.8, 4) is 0 Å². The van der Waals surface area contributed by atoms with Crippen molar-refractivity contribution in [3.63, 3.8) is 0 Å². The molecule has 1 N–H and O–H groups in total. The standard InChI is InChI=1S/C16H31N/c1-3-14-10-6-7-11-15(14)16(17-2)12-13-8-4-5-9-13/h13-17H,3-12H2,1-2H3. The highest BCUT2D eigenvalue weighted by Crippen LogP contribution is 2.38. The lowest BCUT2D eigenvalue weighted by Gasteiger charge is -2.38. The van der Waals surface area contributed by atoms with E-state index in [9.17, 15) is 0 Å². The van der Waals surface area contributed by atoms with Gasteiger partial charge in [0.05, 0.1) is 0 Å². The summed E-state index contributed by atoms with van der Waals surface area (Å²) in [6, 6.07) is 0.809. The molecule has 3 unspecified atom stereocenters. The largest absolute Gasteiger partial charge is 0.317 e. The fraction of sp³-hybridized carbons (Fsp3) is 1.00. The number of hydrogen-bond acceptors (Lipinski definition) is 1. The zero-order valence-electron chi connectivity index (χ0n) is 11.9. The molecule has 0 aromatic heterocycles. The van der Waals surface area contributed by atoms with Crippen LogP contribution in [0.5, 0.6) is 0 Å². The minimum absolute atomic E-state index is 0.809. The lowest BCUT2D eigenvalue weighted by molar-refractivity contribution is 0.162. The normalized spacial score (nSPS) is 32.8. The van der Waals surface area contributed by atoms with Gasteiger partial charge in [-0.15, -0.1) is 0 Å². The smallest absolute Gasteiger partial charge is 0.00976 e. The van der Waals surface area contributed by atoms with E-state index < -0.39 is 0 Å². The molecule has 2 aliphatic carbocycles. The SMILES string of the molecule is CCC1CCCCC1C(CC1CCCC1)NC. The number of hydrogen-bond donors (Lipinski definition) is 1. The maximum atomic E-state index is 3.66. The first-order valence-corrected chi connectivity index (χ1v) is 8.02. The third-order valence-corrected chi connectivity index (χ3v) is 5.44. The molecule has 0 heterocycles. The topological polar surface area (TPSA) is 12.0 Å². The lowest BCUT2D eigenvalue weighted by Crippen LogP contribution is -2.40. The van der Waals surface area contributed by atoms with Crippen molar-refractivity contribution >= 4 is 0 Å². The van der Waals surface area contributed by atoms with Gasteiger partial charge >= 0.3 is 0 Å². The maximum absolute atomic E-state index is 3.66. The van der Waals surface area contributed by atoms with E-state index in [1.54, 1.807) is 0 Å². The minimum atomic E-state index is 0.809. The minimum Gasteiger partial charge on any atom is -0.317 e. The highest BCUT2D eigenvalue weighted by atomic mass is 14.9. The van der Waals surface area contributed by atoms with Crippen molar-refractivity contribution in [1.29, 1.82) is 0 Å². The molecule has 0 radical (unpaired) electrons. The first-order valence-electron chi connectivity index (χ1n) is 8.02. The van der Waals surface area contributed by atoms with Crippen molar-refractivity contribution in [2.24, 2.45) is 17.8 Å².